The zero-order valence-electron chi connectivity index (χ0n) is 12.8. The van der Waals surface area contributed by atoms with Gasteiger partial charge in [0.1, 0.15) is 0 Å². The molecule has 0 saturated heterocycles. The van der Waals surface area contributed by atoms with Crippen molar-refractivity contribution >= 4 is 18.3 Å². The van der Waals surface area contributed by atoms with E-state index >= 15 is 0 Å². The predicted molar refractivity (Wildman–Crippen MR) is 88.6 cm³/mol. The Morgan fingerprint density at radius 3 is 2.83 bits per heavy atom. The first-order valence-corrected chi connectivity index (χ1v) is 7.18. The number of hydrogen-bond acceptors (Lipinski definition) is 6. The maximum atomic E-state index is 11.6. The number of nitrogens with one attached hydrogen (secondary N) is 1. The van der Waals surface area contributed by atoms with E-state index in [1.807, 2.05) is 61.5 Å². The maximum Gasteiger partial charge on any atom is 0.441 e. The Labute approximate surface area is 137 Å². The van der Waals surface area contributed by atoms with Gasteiger partial charge in [0, 0.05) is 5.56 Å². The Balaban J connectivity index is 1.58. The van der Waals surface area contributed by atoms with Crippen molar-refractivity contribution in [3.05, 3.63) is 65.7 Å². The Kier molecular flexibility index (Phi) is 4.62. The number of oxime groups is 1. The maximum absolute atomic E-state index is 11.6. The van der Waals surface area contributed by atoms with Gasteiger partial charge in [0.05, 0.1) is 6.21 Å². The molecule has 0 saturated carbocycles. The second kappa shape index (κ2) is 7.19. The fourth-order valence-electron chi connectivity index (χ4n) is 1.96. The monoisotopic (exact) mass is 322 g/mol. The first-order valence-electron chi connectivity index (χ1n) is 7.18. The third kappa shape index (κ3) is 4.04. The minimum Gasteiger partial charge on any atom is -0.315 e. The number of benzene rings is 2. The molecule has 0 aliphatic rings. The predicted octanol–water partition coefficient (Wildman–Crippen LogP) is 3.63. The van der Waals surface area contributed by atoms with Crippen molar-refractivity contribution in [2.75, 3.05) is 5.32 Å². The van der Waals surface area contributed by atoms with Crippen molar-refractivity contribution in [3.8, 4) is 11.4 Å². The quantitative estimate of drug-likeness (QED) is 0.450. The fraction of sp³-hybridized carbons (Fsp3) is 0.0588. The SMILES string of the molecule is Cc1cccc(-c2noc(NC(=O)ON=Cc3ccccc3)n2)c1. The molecule has 7 heteroatoms. The highest BCUT2D eigenvalue weighted by molar-refractivity contribution is 5.84. The van der Waals surface area contributed by atoms with E-state index in [9.17, 15) is 4.79 Å². The fourth-order valence-corrected chi connectivity index (χ4v) is 1.96. The van der Waals surface area contributed by atoms with E-state index in [0.29, 0.717) is 5.82 Å². The van der Waals surface area contributed by atoms with Crippen LogP contribution in [0.4, 0.5) is 10.8 Å². The van der Waals surface area contributed by atoms with E-state index < -0.39 is 6.09 Å². The second-order valence-electron chi connectivity index (χ2n) is 4.94. The van der Waals surface area contributed by atoms with Crippen LogP contribution in [0.15, 0.2) is 64.3 Å². The summed E-state index contributed by atoms with van der Waals surface area (Å²) in [5.41, 5.74) is 2.67. The highest BCUT2D eigenvalue weighted by Gasteiger charge is 2.12. The number of carbonyl (C=O) groups is 1. The minimum atomic E-state index is -0.818. The van der Waals surface area contributed by atoms with Crippen LogP contribution in [0.1, 0.15) is 11.1 Å². The summed E-state index contributed by atoms with van der Waals surface area (Å²) in [6, 6.07) is 16.8. The third-order valence-electron chi connectivity index (χ3n) is 3.05. The first kappa shape index (κ1) is 15.4. The number of aryl methyl sites for hydroxylation is 1. The smallest absolute Gasteiger partial charge is 0.315 e. The Morgan fingerprint density at radius 1 is 1.21 bits per heavy atom. The van der Waals surface area contributed by atoms with Gasteiger partial charge < -0.3 is 4.52 Å². The van der Waals surface area contributed by atoms with Gasteiger partial charge in [0.25, 0.3) is 0 Å². The van der Waals surface area contributed by atoms with E-state index in [1.54, 1.807) is 0 Å². The van der Waals surface area contributed by atoms with E-state index in [1.165, 1.54) is 6.21 Å². The van der Waals surface area contributed by atoms with Gasteiger partial charge in [-0.3, -0.25) is 4.84 Å². The van der Waals surface area contributed by atoms with Gasteiger partial charge in [-0.2, -0.15) is 4.98 Å². The molecule has 0 bridgehead atoms. The van der Waals surface area contributed by atoms with E-state index in [2.05, 4.69) is 25.5 Å². The summed E-state index contributed by atoms with van der Waals surface area (Å²) in [6.07, 6.45) is 0.604. The van der Waals surface area contributed by atoms with Gasteiger partial charge in [-0.25, -0.2) is 10.1 Å². The average molecular weight is 322 g/mol. The molecule has 3 aromatic rings. The number of aromatic nitrogens is 2. The van der Waals surface area contributed by atoms with Crippen LogP contribution in [0.2, 0.25) is 0 Å². The number of anilines is 1. The molecular formula is C17H14N4O3. The molecule has 1 heterocycles. The van der Waals surface area contributed by atoms with Crippen LogP contribution < -0.4 is 5.32 Å². The van der Waals surface area contributed by atoms with Crippen molar-refractivity contribution in [1.29, 1.82) is 0 Å². The number of carbonyl (C=O) groups excluding carboxylic acids is 1. The van der Waals surface area contributed by atoms with Gasteiger partial charge in [-0.15, -0.1) is 0 Å². The summed E-state index contributed by atoms with van der Waals surface area (Å²) in [6.45, 7) is 1.96. The van der Waals surface area contributed by atoms with Crippen molar-refractivity contribution in [1.82, 2.24) is 10.1 Å². The van der Waals surface area contributed by atoms with Crippen molar-refractivity contribution in [3.63, 3.8) is 0 Å². The largest absolute Gasteiger partial charge is 0.441 e. The van der Waals surface area contributed by atoms with Crippen LogP contribution in [0.3, 0.4) is 0 Å². The molecule has 2 aromatic carbocycles. The minimum absolute atomic E-state index is 0.0635. The Hall–Kier alpha value is -3.48. The summed E-state index contributed by atoms with van der Waals surface area (Å²) in [4.78, 5) is 20.4. The normalized spacial score (nSPS) is 10.7. The lowest BCUT2D eigenvalue weighted by molar-refractivity contribution is 0.166. The molecule has 1 aromatic heterocycles. The van der Waals surface area contributed by atoms with E-state index in [-0.39, 0.29) is 6.01 Å². The lowest BCUT2D eigenvalue weighted by Crippen LogP contribution is -2.11. The standard InChI is InChI=1S/C17H14N4O3/c1-12-6-5-9-14(10-12)15-19-16(23-21-15)20-17(22)24-18-11-13-7-3-2-4-8-13/h2-11H,1H3,(H,19,20,21,22). The molecule has 0 radical (unpaired) electrons. The van der Waals surface area contributed by atoms with Crippen molar-refractivity contribution in [2.24, 2.45) is 5.16 Å². The van der Waals surface area contributed by atoms with Gasteiger partial charge in [-0.05, 0) is 18.6 Å². The van der Waals surface area contributed by atoms with Crippen LogP contribution in [0.5, 0.6) is 0 Å². The molecule has 1 N–H and O–H groups in total. The van der Waals surface area contributed by atoms with Gasteiger partial charge in [0.15, 0.2) is 0 Å². The summed E-state index contributed by atoms with van der Waals surface area (Å²) in [7, 11) is 0. The zero-order valence-corrected chi connectivity index (χ0v) is 12.8. The molecule has 0 fully saturated rings. The molecule has 0 atom stereocenters. The molecule has 0 aliphatic carbocycles. The summed E-state index contributed by atoms with van der Waals surface area (Å²) in [5, 5.41) is 9.72. The number of amides is 1. The molecule has 1 amide bonds. The van der Waals surface area contributed by atoms with Gasteiger partial charge in [0.2, 0.25) is 5.82 Å². The van der Waals surface area contributed by atoms with Crippen LogP contribution in [-0.2, 0) is 4.84 Å². The molecule has 0 spiro atoms. The van der Waals surface area contributed by atoms with E-state index in [0.717, 1.165) is 16.7 Å². The zero-order chi connectivity index (χ0) is 16.8. The van der Waals surface area contributed by atoms with Crippen LogP contribution in [0, 0.1) is 6.92 Å². The lowest BCUT2D eigenvalue weighted by Gasteiger charge is -1.96. The average Bonchev–Trinajstić information content (AvgIpc) is 3.04. The Bertz CT molecular complexity index is 859. The van der Waals surface area contributed by atoms with Crippen molar-refractivity contribution in [2.45, 2.75) is 6.92 Å². The van der Waals surface area contributed by atoms with Crippen LogP contribution >= 0.6 is 0 Å². The molecule has 24 heavy (non-hydrogen) atoms. The van der Waals surface area contributed by atoms with Crippen LogP contribution in [-0.4, -0.2) is 22.4 Å². The second-order valence-corrected chi connectivity index (χ2v) is 4.94. The molecule has 7 nitrogen and oxygen atoms in total. The summed E-state index contributed by atoms with van der Waals surface area (Å²) >= 11 is 0. The topological polar surface area (TPSA) is 89.6 Å². The molecule has 120 valence electrons. The highest BCUT2D eigenvalue weighted by atomic mass is 16.7. The molecule has 0 unspecified atom stereocenters. The molecule has 3 rings (SSSR count). The highest BCUT2D eigenvalue weighted by Crippen LogP contribution is 2.18. The summed E-state index contributed by atoms with van der Waals surface area (Å²) < 4.78 is 4.97. The number of rotatable bonds is 4. The third-order valence-corrected chi connectivity index (χ3v) is 3.05. The van der Waals surface area contributed by atoms with E-state index in [4.69, 9.17) is 4.52 Å². The number of nitrogens with zero attached hydrogens (tertiary/aromatic N) is 3. The van der Waals surface area contributed by atoms with Crippen LogP contribution in [0.25, 0.3) is 11.4 Å². The van der Waals surface area contributed by atoms with Crippen molar-refractivity contribution < 1.29 is 14.2 Å². The molecular weight excluding hydrogens is 308 g/mol. The summed E-state index contributed by atoms with van der Waals surface area (Å²) in [5.74, 6) is 0.377. The van der Waals surface area contributed by atoms with Gasteiger partial charge in [-0.1, -0.05) is 64.4 Å². The lowest BCUT2D eigenvalue weighted by atomic mass is 10.1. The first-order chi connectivity index (χ1) is 11.7. The molecule has 0 aliphatic heterocycles. The Morgan fingerprint density at radius 2 is 2.04 bits per heavy atom. The number of hydrogen-bond donors (Lipinski definition) is 1. The van der Waals surface area contributed by atoms with Gasteiger partial charge >= 0.3 is 12.1 Å².